The van der Waals surface area contributed by atoms with Gasteiger partial charge in [-0.25, -0.2) is 0 Å². The van der Waals surface area contributed by atoms with Crippen LogP contribution in [0.4, 0.5) is 0 Å². The van der Waals surface area contributed by atoms with Crippen LogP contribution in [0.1, 0.15) is 31.1 Å². The first kappa shape index (κ1) is 16.7. The van der Waals surface area contributed by atoms with E-state index in [0.717, 1.165) is 11.1 Å². The number of carbonyl (C=O) groups excluding carboxylic acids is 2. The lowest BCUT2D eigenvalue weighted by molar-refractivity contribution is -0.153. The number of fused-ring (bicyclic) bond motifs is 1. The normalized spacial score (nSPS) is 29.6. The average Bonchev–Trinajstić information content (AvgIpc) is 3.18. The van der Waals surface area contributed by atoms with Crippen LogP contribution < -0.4 is 0 Å². The van der Waals surface area contributed by atoms with Gasteiger partial charge in [0.25, 0.3) is 0 Å². The van der Waals surface area contributed by atoms with Gasteiger partial charge in [0.05, 0.1) is 0 Å². The number of hydrogen-bond acceptors (Lipinski definition) is 4. The highest BCUT2D eigenvalue weighted by molar-refractivity contribution is 6.13. The van der Waals surface area contributed by atoms with Crippen LogP contribution in [0.15, 0.2) is 72.8 Å². The number of carbonyl (C=O) groups is 2. The van der Waals surface area contributed by atoms with Crippen LogP contribution in [-0.4, -0.2) is 23.0 Å². The third-order valence-electron chi connectivity index (χ3n) is 5.62. The van der Waals surface area contributed by atoms with Crippen LogP contribution in [0.5, 0.6) is 0 Å². The number of hydrogen-bond donors (Lipinski definition) is 0. The predicted molar refractivity (Wildman–Crippen MR) is 96.4 cm³/mol. The van der Waals surface area contributed by atoms with Crippen molar-refractivity contribution in [2.24, 2.45) is 5.92 Å². The van der Waals surface area contributed by atoms with Gasteiger partial charge >= 0.3 is 5.97 Å². The first-order valence-corrected chi connectivity index (χ1v) is 8.62. The minimum Gasteiger partial charge on any atom is -0.452 e. The van der Waals surface area contributed by atoms with Crippen molar-refractivity contribution in [1.82, 2.24) is 0 Å². The number of esters is 1. The van der Waals surface area contributed by atoms with Gasteiger partial charge < -0.3 is 9.47 Å². The van der Waals surface area contributed by atoms with E-state index in [1.807, 2.05) is 60.7 Å². The van der Waals surface area contributed by atoms with Gasteiger partial charge in [-0.3, -0.25) is 9.59 Å². The van der Waals surface area contributed by atoms with Crippen LogP contribution in [0.2, 0.25) is 0 Å². The Bertz CT molecular complexity index is 849. The highest BCUT2D eigenvalue weighted by atomic mass is 16.6. The SMILES string of the molecule is C=C1C(=O)C2(C)OC2(C)C1C(=O)OC(c1ccccc1)c1ccccc1. The topological polar surface area (TPSA) is 55.9 Å². The van der Waals surface area contributed by atoms with E-state index in [0.29, 0.717) is 0 Å². The summed E-state index contributed by atoms with van der Waals surface area (Å²) in [6, 6.07) is 19.1. The smallest absolute Gasteiger partial charge is 0.317 e. The van der Waals surface area contributed by atoms with Gasteiger partial charge in [0.2, 0.25) is 0 Å². The summed E-state index contributed by atoms with van der Waals surface area (Å²) >= 11 is 0. The maximum atomic E-state index is 13.0. The lowest BCUT2D eigenvalue weighted by Gasteiger charge is -2.23. The lowest BCUT2D eigenvalue weighted by Crippen LogP contribution is -2.31. The predicted octanol–water partition coefficient (Wildman–Crippen LogP) is 3.62. The van der Waals surface area contributed by atoms with E-state index < -0.39 is 29.2 Å². The van der Waals surface area contributed by atoms with Crippen molar-refractivity contribution in [3.8, 4) is 0 Å². The molecule has 4 rings (SSSR count). The van der Waals surface area contributed by atoms with Crippen LogP contribution in [0, 0.1) is 5.92 Å². The van der Waals surface area contributed by atoms with Gasteiger partial charge in [-0.1, -0.05) is 67.2 Å². The molecule has 2 aromatic rings. The molecule has 0 spiro atoms. The molecule has 3 unspecified atom stereocenters. The molecule has 2 aliphatic rings. The fourth-order valence-corrected chi connectivity index (χ4v) is 3.91. The molecule has 2 fully saturated rings. The molecule has 4 nitrogen and oxygen atoms in total. The van der Waals surface area contributed by atoms with Gasteiger partial charge in [-0.15, -0.1) is 0 Å². The Morgan fingerprint density at radius 3 is 1.96 bits per heavy atom. The molecule has 1 heterocycles. The zero-order chi connectivity index (χ0) is 18.5. The Hall–Kier alpha value is -2.72. The Morgan fingerprint density at radius 1 is 1.04 bits per heavy atom. The van der Waals surface area contributed by atoms with Gasteiger partial charge in [0.15, 0.2) is 17.5 Å². The summed E-state index contributed by atoms with van der Waals surface area (Å²) in [6.45, 7) is 7.31. The summed E-state index contributed by atoms with van der Waals surface area (Å²) in [5, 5.41) is 0. The largest absolute Gasteiger partial charge is 0.452 e. The van der Waals surface area contributed by atoms with Gasteiger partial charge in [-0.05, 0) is 25.0 Å². The zero-order valence-corrected chi connectivity index (χ0v) is 14.8. The maximum absolute atomic E-state index is 13.0. The number of Topliss-reactive ketones (excluding diaryl/α,β-unsaturated/α-hetero) is 1. The van der Waals surface area contributed by atoms with Crippen molar-refractivity contribution >= 4 is 11.8 Å². The monoisotopic (exact) mass is 348 g/mol. The molecule has 0 N–H and O–H groups in total. The van der Waals surface area contributed by atoms with Crippen molar-refractivity contribution in [2.75, 3.05) is 0 Å². The first-order valence-electron chi connectivity index (χ1n) is 8.62. The van der Waals surface area contributed by atoms with Crippen LogP contribution in [0.3, 0.4) is 0 Å². The Kier molecular flexibility index (Phi) is 3.63. The van der Waals surface area contributed by atoms with Gasteiger partial charge in [0, 0.05) is 5.57 Å². The second kappa shape index (κ2) is 5.64. The van der Waals surface area contributed by atoms with Crippen molar-refractivity contribution in [1.29, 1.82) is 0 Å². The molecule has 4 heteroatoms. The van der Waals surface area contributed by atoms with E-state index >= 15 is 0 Å². The quantitative estimate of drug-likeness (QED) is 0.481. The molecule has 132 valence electrons. The lowest BCUT2D eigenvalue weighted by atomic mass is 9.91. The third kappa shape index (κ3) is 2.26. The fourth-order valence-electron chi connectivity index (χ4n) is 3.91. The van der Waals surface area contributed by atoms with Gasteiger partial charge in [0.1, 0.15) is 11.5 Å². The van der Waals surface area contributed by atoms with Crippen molar-refractivity contribution in [3.63, 3.8) is 0 Å². The Labute approximate surface area is 152 Å². The average molecular weight is 348 g/mol. The Morgan fingerprint density at radius 2 is 1.54 bits per heavy atom. The van der Waals surface area contributed by atoms with E-state index in [9.17, 15) is 9.59 Å². The number of rotatable bonds is 4. The van der Waals surface area contributed by atoms with E-state index in [1.165, 1.54) is 0 Å². The van der Waals surface area contributed by atoms with Crippen LogP contribution >= 0.6 is 0 Å². The molecule has 3 atom stereocenters. The van der Waals surface area contributed by atoms with Crippen LogP contribution in [0.25, 0.3) is 0 Å². The summed E-state index contributed by atoms with van der Waals surface area (Å²) in [5.41, 5.74) is 0.184. The standard InChI is InChI=1S/C22H20O4/c1-14-17(21(2)22(3,26-21)19(14)23)20(24)25-18(15-10-6-4-7-11-15)16-12-8-5-9-13-16/h4-13,17-18H,1H2,2-3H3. The summed E-state index contributed by atoms with van der Waals surface area (Å²) in [5.74, 6) is -1.47. The molecule has 26 heavy (non-hydrogen) atoms. The minimum absolute atomic E-state index is 0.210. The van der Waals surface area contributed by atoms with E-state index in [-0.39, 0.29) is 11.4 Å². The zero-order valence-electron chi connectivity index (χ0n) is 14.8. The van der Waals surface area contributed by atoms with Crippen molar-refractivity contribution in [2.45, 2.75) is 31.2 Å². The molecule has 1 aliphatic heterocycles. The number of epoxide rings is 1. The number of ether oxygens (including phenoxy) is 2. The van der Waals surface area contributed by atoms with E-state index in [4.69, 9.17) is 9.47 Å². The fraction of sp³-hybridized carbons (Fsp3) is 0.273. The second-order valence-electron chi connectivity index (χ2n) is 7.17. The third-order valence-corrected chi connectivity index (χ3v) is 5.62. The molecule has 0 radical (unpaired) electrons. The molecule has 1 saturated heterocycles. The number of ketones is 1. The van der Waals surface area contributed by atoms with Gasteiger partial charge in [-0.2, -0.15) is 0 Å². The molecular formula is C22H20O4. The minimum atomic E-state index is -0.956. The van der Waals surface area contributed by atoms with Crippen molar-refractivity contribution in [3.05, 3.63) is 83.9 Å². The maximum Gasteiger partial charge on any atom is 0.317 e. The molecule has 0 amide bonds. The summed E-state index contributed by atoms with van der Waals surface area (Å²) < 4.78 is 11.5. The van der Waals surface area contributed by atoms with Crippen molar-refractivity contribution < 1.29 is 19.1 Å². The highest BCUT2D eigenvalue weighted by Gasteiger charge is 2.80. The van der Waals surface area contributed by atoms with E-state index in [1.54, 1.807) is 13.8 Å². The van der Waals surface area contributed by atoms with Crippen LogP contribution in [-0.2, 0) is 19.1 Å². The second-order valence-corrected chi connectivity index (χ2v) is 7.17. The molecule has 1 aliphatic carbocycles. The molecule has 1 saturated carbocycles. The number of benzene rings is 2. The molecular weight excluding hydrogens is 328 g/mol. The molecule has 0 bridgehead atoms. The molecule has 2 aromatic carbocycles. The first-order chi connectivity index (χ1) is 12.4. The summed E-state index contributed by atoms with van der Waals surface area (Å²) in [7, 11) is 0. The Balaban J connectivity index is 1.66. The van der Waals surface area contributed by atoms with E-state index in [2.05, 4.69) is 6.58 Å². The summed E-state index contributed by atoms with van der Waals surface area (Å²) in [4.78, 5) is 25.4. The highest BCUT2D eigenvalue weighted by Crippen LogP contribution is 2.62. The summed E-state index contributed by atoms with van der Waals surface area (Å²) in [6.07, 6.45) is -0.554. The molecule has 0 aromatic heterocycles.